The molecule has 0 atom stereocenters. The number of amides is 1. The number of carbonyl (C=O) groups excluding carboxylic acids is 1. The monoisotopic (exact) mass is 528 g/mol. The molecule has 6 rings (SSSR count). The van der Waals surface area contributed by atoms with Crippen molar-refractivity contribution in [2.45, 2.75) is 6.42 Å². The summed E-state index contributed by atoms with van der Waals surface area (Å²) < 4.78 is 20.9. The van der Waals surface area contributed by atoms with E-state index in [1.54, 1.807) is 23.5 Å². The van der Waals surface area contributed by atoms with Crippen LogP contribution in [0.1, 0.15) is 16.1 Å². The predicted molar refractivity (Wildman–Crippen MR) is 149 cm³/mol. The highest BCUT2D eigenvalue weighted by molar-refractivity contribution is 7.15. The molecular formula is C30H29FN4O2S. The molecular weight excluding hydrogens is 499 g/mol. The summed E-state index contributed by atoms with van der Waals surface area (Å²) in [7, 11) is 0. The van der Waals surface area contributed by atoms with E-state index >= 15 is 0 Å². The maximum atomic E-state index is 13.7. The van der Waals surface area contributed by atoms with Crippen LogP contribution >= 0.6 is 11.3 Å². The molecule has 0 aliphatic carbocycles. The number of imidazole rings is 1. The lowest BCUT2D eigenvalue weighted by Gasteiger charge is -2.30. The maximum absolute atomic E-state index is 13.7. The van der Waals surface area contributed by atoms with Gasteiger partial charge in [-0.3, -0.25) is 14.1 Å². The molecule has 1 aliphatic heterocycles. The van der Waals surface area contributed by atoms with Crippen molar-refractivity contribution in [3.05, 3.63) is 95.4 Å². The average molecular weight is 529 g/mol. The molecule has 3 heterocycles. The summed E-state index contributed by atoms with van der Waals surface area (Å²) in [5, 5.41) is 4.30. The minimum atomic E-state index is -0.260. The highest BCUT2D eigenvalue weighted by Crippen LogP contribution is 2.25. The van der Waals surface area contributed by atoms with E-state index in [2.05, 4.69) is 20.7 Å². The molecule has 6 nitrogen and oxygen atoms in total. The minimum absolute atomic E-state index is 0.0492. The minimum Gasteiger partial charge on any atom is -0.379 e. The van der Waals surface area contributed by atoms with Crippen LogP contribution < -0.4 is 0 Å². The van der Waals surface area contributed by atoms with Gasteiger partial charge in [0.05, 0.1) is 18.9 Å². The van der Waals surface area contributed by atoms with Crippen LogP contribution in [-0.2, 0) is 11.2 Å². The molecule has 1 fully saturated rings. The third kappa shape index (κ3) is 5.34. The summed E-state index contributed by atoms with van der Waals surface area (Å²) in [4.78, 5) is 23.7. The molecule has 0 N–H and O–H groups in total. The first-order chi connectivity index (χ1) is 18.6. The smallest absolute Gasteiger partial charge is 0.253 e. The van der Waals surface area contributed by atoms with E-state index in [4.69, 9.17) is 9.72 Å². The summed E-state index contributed by atoms with van der Waals surface area (Å²) in [6.45, 7) is 5.34. The SMILES string of the molecule is O=C(c1ccc2ccccc2c1)N(CCc1csc2nc(-c3ccc(F)cc3)cn12)CCN1CCOCC1. The lowest BCUT2D eigenvalue weighted by Crippen LogP contribution is -2.43. The van der Waals surface area contributed by atoms with Crippen LogP contribution in [0.2, 0.25) is 0 Å². The number of rotatable bonds is 8. The molecule has 0 unspecified atom stereocenters. The van der Waals surface area contributed by atoms with Crippen molar-refractivity contribution in [2.75, 3.05) is 45.9 Å². The van der Waals surface area contributed by atoms with E-state index in [9.17, 15) is 9.18 Å². The Morgan fingerprint density at radius 3 is 2.61 bits per heavy atom. The topological polar surface area (TPSA) is 50.1 Å². The van der Waals surface area contributed by atoms with Crippen LogP contribution in [0, 0.1) is 5.82 Å². The second-order valence-electron chi connectivity index (χ2n) is 9.57. The molecule has 0 radical (unpaired) electrons. The predicted octanol–water partition coefficient (Wildman–Crippen LogP) is 5.37. The van der Waals surface area contributed by atoms with Crippen LogP contribution in [0.25, 0.3) is 27.0 Å². The molecule has 38 heavy (non-hydrogen) atoms. The van der Waals surface area contributed by atoms with Crippen LogP contribution in [0.3, 0.4) is 0 Å². The third-order valence-corrected chi connectivity index (χ3v) is 8.02. The first kappa shape index (κ1) is 24.7. The largest absolute Gasteiger partial charge is 0.379 e. The van der Waals surface area contributed by atoms with Crippen molar-refractivity contribution in [3.8, 4) is 11.3 Å². The van der Waals surface area contributed by atoms with Crippen LogP contribution in [-0.4, -0.2) is 71.0 Å². The van der Waals surface area contributed by atoms with E-state index in [0.29, 0.717) is 25.1 Å². The zero-order valence-electron chi connectivity index (χ0n) is 21.1. The third-order valence-electron chi connectivity index (χ3n) is 7.13. The molecule has 0 bridgehead atoms. The fourth-order valence-electron chi connectivity index (χ4n) is 4.93. The van der Waals surface area contributed by atoms with Crippen LogP contribution in [0.5, 0.6) is 0 Å². The molecule has 8 heteroatoms. The lowest BCUT2D eigenvalue weighted by molar-refractivity contribution is 0.0325. The number of hydrogen-bond donors (Lipinski definition) is 0. The Kier molecular flexibility index (Phi) is 7.18. The summed E-state index contributed by atoms with van der Waals surface area (Å²) >= 11 is 1.58. The van der Waals surface area contributed by atoms with E-state index < -0.39 is 0 Å². The van der Waals surface area contributed by atoms with Gasteiger partial charge in [0.25, 0.3) is 5.91 Å². The summed E-state index contributed by atoms with van der Waals surface area (Å²) in [5.41, 5.74) is 3.51. The Labute approximate surface area is 224 Å². The van der Waals surface area contributed by atoms with Gasteiger partial charge in [0.1, 0.15) is 5.82 Å². The van der Waals surface area contributed by atoms with Gasteiger partial charge in [-0.2, -0.15) is 0 Å². The molecule has 5 aromatic rings. The number of benzene rings is 3. The van der Waals surface area contributed by atoms with Crippen molar-refractivity contribution >= 4 is 33.0 Å². The molecule has 3 aromatic carbocycles. The van der Waals surface area contributed by atoms with Gasteiger partial charge in [0.2, 0.25) is 0 Å². The molecule has 1 saturated heterocycles. The maximum Gasteiger partial charge on any atom is 0.253 e. The number of aromatic nitrogens is 2. The van der Waals surface area contributed by atoms with Crippen molar-refractivity contribution < 1.29 is 13.9 Å². The van der Waals surface area contributed by atoms with Crippen molar-refractivity contribution in [3.63, 3.8) is 0 Å². The number of morpholine rings is 1. The highest BCUT2D eigenvalue weighted by atomic mass is 32.1. The normalized spacial score (nSPS) is 14.3. The highest BCUT2D eigenvalue weighted by Gasteiger charge is 2.20. The van der Waals surface area contributed by atoms with Crippen LogP contribution in [0.4, 0.5) is 4.39 Å². The standard InChI is InChI=1S/C30H29FN4O2S/c31-26-9-7-23(8-10-26)28-20-35-27(21-38-30(35)32-28)11-12-34(14-13-33-15-17-37-18-16-33)29(36)25-6-5-22-3-1-2-4-24(22)19-25/h1-10,19-21H,11-18H2. The molecule has 194 valence electrons. The lowest BCUT2D eigenvalue weighted by atomic mass is 10.1. The van der Waals surface area contributed by atoms with Crippen molar-refractivity contribution in [1.29, 1.82) is 0 Å². The fourth-order valence-corrected chi connectivity index (χ4v) is 5.83. The molecule has 2 aromatic heterocycles. The first-order valence-corrected chi connectivity index (χ1v) is 13.8. The second-order valence-corrected chi connectivity index (χ2v) is 10.4. The van der Waals surface area contributed by atoms with Gasteiger partial charge in [0, 0.05) is 67.5 Å². The van der Waals surface area contributed by atoms with E-state index in [1.165, 1.54) is 12.1 Å². The number of carbonyl (C=O) groups is 1. The van der Waals surface area contributed by atoms with E-state index in [-0.39, 0.29) is 11.7 Å². The zero-order valence-corrected chi connectivity index (χ0v) is 21.9. The molecule has 0 spiro atoms. The number of fused-ring (bicyclic) bond motifs is 2. The Morgan fingerprint density at radius 2 is 1.79 bits per heavy atom. The average Bonchev–Trinajstić information content (AvgIpc) is 3.55. The van der Waals surface area contributed by atoms with Crippen molar-refractivity contribution in [2.24, 2.45) is 0 Å². The number of hydrogen-bond acceptors (Lipinski definition) is 5. The van der Waals surface area contributed by atoms with Crippen molar-refractivity contribution in [1.82, 2.24) is 19.2 Å². The number of halogens is 1. The molecule has 1 amide bonds. The van der Waals surface area contributed by atoms with Gasteiger partial charge in [-0.15, -0.1) is 11.3 Å². The number of thiazole rings is 1. The number of ether oxygens (including phenoxy) is 1. The zero-order chi connectivity index (χ0) is 25.9. The number of nitrogens with zero attached hydrogens (tertiary/aromatic N) is 4. The van der Waals surface area contributed by atoms with Gasteiger partial charge >= 0.3 is 0 Å². The van der Waals surface area contributed by atoms with E-state index in [1.807, 2.05) is 47.5 Å². The first-order valence-electron chi connectivity index (χ1n) is 12.9. The summed E-state index contributed by atoms with van der Waals surface area (Å²) in [6, 6.07) is 20.5. The van der Waals surface area contributed by atoms with Gasteiger partial charge < -0.3 is 9.64 Å². The Hall–Kier alpha value is -3.59. The van der Waals surface area contributed by atoms with Crippen LogP contribution in [0.15, 0.2) is 78.3 Å². The Balaban J connectivity index is 1.22. The fraction of sp³-hybridized carbons (Fsp3) is 0.267. The second kappa shape index (κ2) is 11.0. The Morgan fingerprint density at radius 1 is 1.00 bits per heavy atom. The van der Waals surface area contributed by atoms with Gasteiger partial charge in [-0.05, 0) is 47.2 Å². The summed E-state index contributed by atoms with van der Waals surface area (Å²) in [6.07, 6.45) is 2.71. The molecule has 0 saturated carbocycles. The Bertz CT molecular complexity index is 1560. The molecule has 1 aliphatic rings. The van der Waals surface area contributed by atoms with Gasteiger partial charge in [-0.1, -0.05) is 30.3 Å². The van der Waals surface area contributed by atoms with Gasteiger partial charge in [-0.25, -0.2) is 9.37 Å². The summed E-state index contributed by atoms with van der Waals surface area (Å²) in [5.74, 6) is -0.211. The quantitative estimate of drug-likeness (QED) is 0.272. The van der Waals surface area contributed by atoms with E-state index in [0.717, 1.165) is 65.5 Å². The van der Waals surface area contributed by atoms with Gasteiger partial charge in [0.15, 0.2) is 4.96 Å².